The standard InChI is InChI=1S/C27H31ClN2O3S/c1-17-7-13-23(15-18(17)2)30-34(32,33)25-16-21(10-14-24(25)28)26(31)29-19(3)20-8-11-22(12-9-20)27(4,5)6/h7-16,19,30H,1-6H3,(H,29,31). The third-order valence-corrected chi connectivity index (χ3v) is 7.73. The van der Waals surface area contributed by atoms with Crippen molar-refractivity contribution >= 4 is 33.2 Å². The summed E-state index contributed by atoms with van der Waals surface area (Å²) in [6.45, 7) is 12.2. The van der Waals surface area contributed by atoms with E-state index >= 15 is 0 Å². The molecule has 0 saturated carbocycles. The monoisotopic (exact) mass is 498 g/mol. The lowest BCUT2D eigenvalue weighted by atomic mass is 9.86. The van der Waals surface area contributed by atoms with Gasteiger partial charge in [0.05, 0.1) is 11.1 Å². The van der Waals surface area contributed by atoms with Gasteiger partial charge in [-0.1, -0.05) is 62.7 Å². The maximum absolute atomic E-state index is 13.0. The molecular weight excluding hydrogens is 468 g/mol. The van der Waals surface area contributed by atoms with E-state index in [9.17, 15) is 13.2 Å². The highest BCUT2D eigenvalue weighted by Crippen LogP contribution is 2.27. The fourth-order valence-electron chi connectivity index (χ4n) is 3.50. The van der Waals surface area contributed by atoms with Crippen molar-refractivity contribution in [2.45, 2.75) is 57.9 Å². The Morgan fingerprint density at radius 3 is 2.15 bits per heavy atom. The Hall–Kier alpha value is -2.83. The number of hydrogen-bond acceptors (Lipinski definition) is 3. The molecule has 180 valence electrons. The van der Waals surface area contributed by atoms with Crippen molar-refractivity contribution in [3.8, 4) is 0 Å². The molecule has 3 aromatic carbocycles. The van der Waals surface area contributed by atoms with E-state index < -0.39 is 10.0 Å². The van der Waals surface area contributed by atoms with Gasteiger partial charge in [0.1, 0.15) is 4.90 Å². The number of carbonyl (C=O) groups is 1. The second-order valence-corrected chi connectivity index (χ2v) is 11.7. The van der Waals surface area contributed by atoms with Crippen molar-refractivity contribution in [2.75, 3.05) is 4.72 Å². The Balaban J connectivity index is 1.80. The normalized spacial score (nSPS) is 12.8. The van der Waals surface area contributed by atoms with Crippen molar-refractivity contribution < 1.29 is 13.2 Å². The first-order valence-corrected chi connectivity index (χ1v) is 12.9. The molecule has 0 radical (unpaired) electrons. The van der Waals surface area contributed by atoms with Gasteiger partial charge in [0.2, 0.25) is 0 Å². The topological polar surface area (TPSA) is 75.3 Å². The van der Waals surface area contributed by atoms with Gasteiger partial charge in [0.25, 0.3) is 15.9 Å². The summed E-state index contributed by atoms with van der Waals surface area (Å²) in [4.78, 5) is 12.8. The number of carbonyl (C=O) groups excluding carboxylic acids is 1. The lowest BCUT2D eigenvalue weighted by Crippen LogP contribution is -2.27. The number of rotatable bonds is 6. The second kappa shape index (κ2) is 9.80. The van der Waals surface area contributed by atoms with Gasteiger partial charge in [-0.25, -0.2) is 8.42 Å². The average molecular weight is 499 g/mol. The molecule has 34 heavy (non-hydrogen) atoms. The fraction of sp³-hybridized carbons (Fsp3) is 0.296. The van der Waals surface area contributed by atoms with Crippen LogP contribution in [0.3, 0.4) is 0 Å². The van der Waals surface area contributed by atoms with Crippen molar-refractivity contribution in [1.82, 2.24) is 5.32 Å². The Labute approximate surface area is 207 Å². The molecular formula is C27H31ClN2O3S. The molecule has 0 aliphatic rings. The number of benzene rings is 3. The van der Waals surface area contributed by atoms with Gasteiger partial charge in [0, 0.05) is 11.3 Å². The van der Waals surface area contributed by atoms with Crippen LogP contribution >= 0.6 is 11.6 Å². The zero-order valence-corrected chi connectivity index (χ0v) is 21.9. The summed E-state index contributed by atoms with van der Waals surface area (Å²) < 4.78 is 28.6. The van der Waals surface area contributed by atoms with Crippen LogP contribution < -0.4 is 10.0 Å². The molecule has 0 saturated heterocycles. The van der Waals surface area contributed by atoms with Crippen LogP contribution in [0.5, 0.6) is 0 Å². The van der Waals surface area contributed by atoms with Crippen molar-refractivity contribution in [3.05, 3.63) is 93.5 Å². The van der Waals surface area contributed by atoms with Crippen LogP contribution in [-0.2, 0) is 15.4 Å². The summed E-state index contributed by atoms with van der Waals surface area (Å²) in [7, 11) is -3.99. The third-order valence-electron chi connectivity index (χ3n) is 5.87. The van der Waals surface area contributed by atoms with Gasteiger partial charge in [-0.05, 0) is 78.8 Å². The lowest BCUT2D eigenvalue weighted by Gasteiger charge is -2.21. The van der Waals surface area contributed by atoms with E-state index in [4.69, 9.17) is 11.6 Å². The lowest BCUT2D eigenvalue weighted by molar-refractivity contribution is 0.0939. The smallest absolute Gasteiger partial charge is 0.263 e. The van der Waals surface area contributed by atoms with Crippen LogP contribution in [0.25, 0.3) is 0 Å². The minimum Gasteiger partial charge on any atom is -0.346 e. The molecule has 0 aliphatic heterocycles. The van der Waals surface area contributed by atoms with Gasteiger partial charge >= 0.3 is 0 Å². The molecule has 2 N–H and O–H groups in total. The maximum Gasteiger partial charge on any atom is 0.263 e. The third kappa shape index (κ3) is 5.99. The Morgan fingerprint density at radius 2 is 1.56 bits per heavy atom. The van der Waals surface area contributed by atoms with E-state index in [1.807, 2.05) is 39.0 Å². The van der Waals surface area contributed by atoms with Crippen molar-refractivity contribution in [2.24, 2.45) is 0 Å². The highest BCUT2D eigenvalue weighted by Gasteiger charge is 2.22. The molecule has 0 heterocycles. The first-order chi connectivity index (χ1) is 15.8. The summed E-state index contributed by atoms with van der Waals surface area (Å²) in [5.74, 6) is -0.383. The number of aryl methyl sites for hydroxylation is 2. The number of sulfonamides is 1. The van der Waals surface area contributed by atoms with Crippen LogP contribution in [0.15, 0.2) is 65.6 Å². The number of nitrogens with one attached hydrogen (secondary N) is 2. The van der Waals surface area contributed by atoms with Gasteiger partial charge in [-0.2, -0.15) is 0 Å². The first kappa shape index (κ1) is 25.8. The molecule has 0 bridgehead atoms. The first-order valence-electron chi connectivity index (χ1n) is 11.1. The quantitative estimate of drug-likeness (QED) is 0.404. The van der Waals surface area contributed by atoms with Gasteiger partial charge in [-0.15, -0.1) is 0 Å². The molecule has 1 amide bonds. The molecule has 5 nitrogen and oxygen atoms in total. The molecule has 1 unspecified atom stereocenters. The highest BCUT2D eigenvalue weighted by atomic mass is 35.5. The van der Waals surface area contributed by atoms with Crippen LogP contribution in [0, 0.1) is 13.8 Å². The van der Waals surface area contributed by atoms with Crippen LogP contribution in [-0.4, -0.2) is 14.3 Å². The highest BCUT2D eigenvalue weighted by molar-refractivity contribution is 7.92. The SMILES string of the molecule is Cc1ccc(NS(=O)(=O)c2cc(C(=O)NC(C)c3ccc(C(C)(C)C)cc3)ccc2Cl)cc1C. The van der Waals surface area contributed by atoms with Gasteiger partial charge in [0.15, 0.2) is 0 Å². The molecule has 1 atom stereocenters. The summed E-state index contributed by atoms with van der Waals surface area (Å²) in [6, 6.07) is 17.4. The van der Waals surface area contributed by atoms with Crippen LogP contribution in [0.2, 0.25) is 5.02 Å². The predicted octanol–water partition coefficient (Wildman–Crippen LogP) is 6.55. The average Bonchev–Trinajstić information content (AvgIpc) is 2.75. The number of amides is 1. The zero-order chi connectivity index (χ0) is 25.3. The molecule has 0 fully saturated rings. The predicted molar refractivity (Wildman–Crippen MR) is 139 cm³/mol. The van der Waals surface area contributed by atoms with E-state index in [2.05, 4.69) is 42.9 Å². The fourth-order valence-corrected chi connectivity index (χ4v) is 5.08. The Kier molecular flexibility index (Phi) is 7.44. The zero-order valence-electron chi connectivity index (χ0n) is 20.4. The molecule has 3 rings (SSSR count). The summed E-state index contributed by atoms with van der Waals surface area (Å²) >= 11 is 6.21. The molecule has 0 aliphatic carbocycles. The van der Waals surface area contributed by atoms with E-state index in [1.54, 1.807) is 12.1 Å². The minimum absolute atomic E-state index is 0.0405. The molecule has 3 aromatic rings. The number of hydrogen-bond donors (Lipinski definition) is 2. The van der Waals surface area contributed by atoms with Crippen molar-refractivity contribution in [3.63, 3.8) is 0 Å². The van der Waals surface area contributed by atoms with E-state index in [1.165, 1.54) is 23.8 Å². The second-order valence-electron chi connectivity index (χ2n) is 9.62. The van der Waals surface area contributed by atoms with Crippen LogP contribution in [0.1, 0.15) is 66.3 Å². The Morgan fingerprint density at radius 1 is 0.912 bits per heavy atom. The van der Waals surface area contributed by atoms with Gasteiger partial charge in [-0.3, -0.25) is 9.52 Å². The Bertz CT molecular complexity index is 1310. The van der Waals surface area contributed by atoms with Crippen molar-refractivity contribution in [1.29, 1.82) is 0 Å². The summed E-state index contributed by atoms with van der Waals surface area (Å²) in [6.07, 6.45) is 0. The molecule has 0 aromatic heterocycles. The molecule has 7 heteroatoms. The van der Waals surface area contributed by atoms with E-state index in [0.29, 0.717) is 5.69 Å². The largest absolute Gasteiger partial charge is 0.346 e. The van der Waals surface area contributed by atoms with Crippen LogP contribution in [0.4, 0.5) is 5.69 Å². The summed E-state index contributed by atoms with van der Waals surface area (Å²) in [5.41, 5.74) is 4.87. The minimum atomic E-state index is -3.99. The number of anilines is 1. The number of halogens is 1. The van der Waals surface area contributed by atoms with E-state index in [0.717, 1.165) is 16.7 Å². The van der Waals surface area contributed by atoms with E-state index in [-0.39, 0.29) is 32.8 Å². The summed E-state index contributed by atoms with van der Waals surface area (Å²) in [5, 5.41) is 2.98. The molecule has 0 spiro atoms. The maximum atomic E-state index is 13.0. The van der Waals surface area contributed by atoms with Gasteiger partial charge < -0.3 is 5.32 Å².